The van der Waals surface area contributed by atoms with Crippen LogP contribution in [0, 0.1) is 5.92 Å². The van der Waals surface area contributed by atoms with Crippen molar-refractivity contribution in [2.45, 2.75) is 6.54 Å². The van der Waals surface area contributed by atoms with Gasteiger partial charge in [-0.25, -0.2) is 4.98 Å². The van der Waals surface area contributed by atoms with E-state index in [1.54, 1.807) is 12.3 Å². The van der Waals surface area contributed by atoms with E-state index in [2.05, 4.69) is 10.3 Å². The Kier molecular flexibility index (Phi) is 4.26. The molecule has 0 aliphatic carbocycles. The molecule has 2 aromatic heterocycles. The van der Waals surface area contributed by atoms with Crippen molar-refractivity contribution >= 4 is 11.6 Å². The molecule has 2 aromatic rings. The van der Waals surface area contributed by atoms with E-state index in [1.165, 1.54) is 16.5 Å². The van der Waals surface area contributed by atoms with Gasteiger partial charge >= 0.3 is 5.97 Å². The van der Waals surface area contributed by atoms with E-state index in [-0.39, 0.29) is 17.0 Å². The molecule has 1 fully saturated rings. The van der Waals surface area contributed by atoms with Crippen molar-refractivity contribution in [2.24, 2.45) is 5.92 Å². The van der Waals surface area contributed by atoms with Gasteiger partial charge in [0.15, 0.2) is 11.4 Å². The first kappa shape index (κ1) is 15.4. The number of carboxylic acid groups (broad SMARTS) is 1. The summed E-state index contributed by atoms with van der Waals surface area (Å²) in [7, 11) is 0. The maximum Gasteiger partial charge on any atom is 0.309 e. The van der Waals surface area contributed by atoms with Gasteiger partial charge in [-0.3, -0.25) is 18.9 Å². The van der Waals surface area contributed by atoms with Gasteiger partial charge in [0.25, 0.3) is 5.56 Å². The maximum atomic E-state index is 12.1. The van der Waals surface area contributed by atoms with E-state index < -0.39 is 11.9 Å². The number of aromatic nitrogens is 2. The van der Waals surface area contributed by atoms with Crippen LogP contribution < -0.4 is 10.9 Å². The average Bonchev–Trinajstić information content (AvgIpc) is 2.74. The molecule has 3 N–H and O–H groups in total. The highest BCUT2D eigenvalue weighted by Crippen LogP contribution is 2.15. The zero-order chi connectivity index (χ0) is 16.4. The van der Waals surface area contributed by atoms with E-state index in [9.17, 15) is 19.8 Å². The van der Waals surface area contributed by atoms with Crippen LogP contribution in [0.25, 0.3) is 5.65 Å². The van der Waals surface area contributed by atoms with Gasteiger partial charge in [0, 0.05) is 45.0 Å². The van der Waals surface area contributed by atoms with Crippen molar-refractivity contribution in [1.29, 1.82) is 0 Å². The van der Waals surface area contributed by atoms with Crippen molar-refractivity contribution in [2.75, 3.05) is 26.2 Å². The second-order valence-corrected chi connectivity index (χ2v) is 5.65. The quantitative estimate of drug-likeness (QED) is 0.700. The van der Waals surface area contributed by atoms with Gasteiger partial charge in [0.05, 0.1) is 11.6 Å². The Morgan fingerprint density at radius 2 is 2.30 bits per heavy atom. The summed E-state index contributed by atoms with van der Waals surface area (Å²) in [6, 6.07) is 4.46. The fourth-order valence-corrected chi connectivity index (χ4v) is 2.76. The Bertz CT molecular complexity index is 789. The van der Waals surface area contributed by atoms with E-state index in [1.807, 2.05) is 4.90 Å². The summed E-state index contributed by atoms with van der Waals surface area (Å²) in [6.07, 6.45) is 1.55. The molecule has 1 atom stereocenters. The molecule has 0 amide bonds. The average molecular weight is 318 g/mol. The number of aliphatic carboxylic acids is 1. The van der Waals surface area contributed by atoms with Gasteiger partial charge in [0.1, 0.15) is 0 Å². The summed E-state index contributed by atoms with van der Waals surface area (Å²) in [5.74, 6) is -1.39. The van der Waals surface area contributed by atoms with Crippen LogP contribution in [-0.4, -0.2) is 56.6 Å². The first-order valence-electron chi connectivity index (χ1n) is 7.41. The van der Waals surface area contributed by atoms with Crippen LogP contribution in [0.2, 0.25) is 0 Å². The molecule has 8 heteroatoms. The lowest BCUT2D eigenvalue weighted by atomic mass is 10.1. The summed E-state index contributed by atoms with van der Waals surface area (Å²) in [5, 5.41) is 22.2. The molecule has 23 heavy (non-hydrogen) atoms. The van der Waals surface area contributed by atoms with Gasteiger partial charge in [-0.2, -0.15) is 0 Å². The molecule has 1 saturated heterocycles. The largest absolute Gasteiger partial charge is 0.504 e. The Morgan fingerprint density at radius 3 is 3.09 bits per heavy atom. The molecule has 8 nitrogen and oxygen atoms in total. The Labute approximate surface area is 132 Å². The SMILES string of the molecule is O=C(O)C1CNCCN(Cc2cc(=O)n3cccc(O)c3n2)C1. The molecule has 122 valence electrons. The molecule has 0 bridgehead atoms. The summed E-state index contributed by atoms with van der Waals surface area (Å²) >= 11 is 0. The summed E-state index contributed by atoms with van der Waals surface area (Å²) in [5.41, 5.74) is 0.448. The molecule has 0 saturated carbocycles. The number of fused-ring (bicyclic) bond motifs is 1. The molecule has 3 heterocycles. The highest BCUT2D eigenvalue weighted by molar-refractivity contribution is 5.70. The van der Waals surface area contributed by atoms with Gasteiger partial charge in [-0.1, -0.05) is 0 Å². The molecule has 1 unspecified atom stereocenters. The molecule has 1 aliphatic rings. The Balaban J connectivity index is 1.87. The van der Waals surface area contributed by atoms with E-state index in [4.69, 9.17) is 0 Å². The lowest BCUT2D eigenvalue weighted by Crippen LogP contribution is -2.34. The highest BCUT2D eigenvalue weighted by atomic mass is 16.4. The second-order valence-electron chi connectivity index (χ2n) is 5.65. The summed E-state index contributed by atoms with van der Waals surface area (Å²) < 4.78 is 1.28. The number of aromatic hydroxyl groups is 1. The zero-order valence-electron chi connectivity index (χ0n) is 12.5. The van der Waals surface area contributed by atoms with E-state index in [0.717, 1.165) is 0 Å². The van der Waals surface area contributed by atoms with Crippen molar-refractivity contribution in [1.82, 2.24) is 19.6 Å². The third kappa shape index (κ3) is 3.33. The van der Waals surface area contributed by atoms with Crippen molar-refractivity contribution < 1.29 is 15.0 Å². The van der Waals surface area contributed by atoms with Crippen molar-refractivity contribution in [3.05, 3.63) is 40.4 Å². The van der Waals surface area contributed by atoms with Crippen LogP contribution in [0.15, 0.2) is 29.2 Å². The van der Waals surface area contributed by atoms with Gasteiger partial charge in [-0.05, 0) is 12.1 Å². The Morgan fingerprint density at radius 1 is 1.48 bits per heavy atom. The fourth-order valence-electron chi connectivity index (χ4n) is 2.76. The number of pyridine rings is 1. The number of hydrogen-bond acceptors (Lipinski definition) is 6. The van der Waals surface area contributed by atoms with Crippen LogP contribution in [0.3, 0.4) is 0 Å². The van der Waals surface area contributed by atoms with Gasteiger partial charge < -0.3 is 15.5 Å². The summed E-state index contributed by atoms with van der Waals surface area (Å²) in [4.78, 5) is 29.6. The minimum Gasteiger partial charge on any atom is -0.504 e. The molecule has 0 spiro atoms. The molecular formula is C15H18N4O4. The fraction of sp³-hybridized carbons (Fsp3) is 0.400. The molecule has 0 aromatic carbocycles. The van der Waals surface area contributed by atoms with Crippen LogP contribution in [0.5, 0.6) is 5.75 Å². The predicted molar refractivity (Wildman–Crippen MR) is 82.4 cm³/mol. The van der Waals surface area contributed by atoms with E-state index >= 15 is 0 Å². The molecule has 0 radical (unpaired) electrons. The van der Waals surface area contributed by atoms with Crippen molar-refractivity contribution in [3.8, 4) is 5.75 Å². The predicted octanol–water partition coefficient (Wildman–Crippen LogP) is -0.494. The number of carboxylic acids is 1. The maximum absolute atomic E-state index is 12.1. The molecule has 1 aliphatic heterocycles. The number of nitrogens with zero attached hydrogens (tertiary/aromatic N) is 3. The van der Waals surface area contributed by atoms with Crippen LogP contribution >= 0.6 is 0 Å². The van der Waals surface area contributed by atoms with Gasteiger partial charge in [0.2, 0.25) is 0 Å². The summed E-state index contributed by atoms with van der Waals surface area (Å²) in [6.45, 7) is 2.54. The van der Waals surface area contributed by atoms with Crippen LogP contribution in [0.1, 0.15) is 5.69 Å². The molecule has 3 rings (SSSR count). The lowest BCUT2D eigenvalue weighted by molar-refractivity contribution is -0.142. The van der Waals surface area contributed by atoms with E-state index in [0.29, 0.717) is 38.4 Å². The first-order chi connectivity index (χ1) is 11.0. The smallest absolute Gasteiger partial charge is 0.309 e. The normalized spacial score (nSPS) is 19.6. The van der Waals surface area contributed by atoms with Crippen molar-refractivity contribution in [3.63, 3.8) is 0 Å². The number of hydrogen-bond donors (Lipinski definition) is 3. The highest BCUT2D eigenvalue weighted by Gasteiger charge is 2.24. The minimum absolute atomic E-state index is 0.0626. The monoisotopic (exact) mass is 318 g/mol. The number of rotatable bonds is 3. The van der Waals surface area contributed by atoms with Gasteiger partial charge in [-0.15, -0.1) is 0 Å². The lowest BCUT2D eigenvalue weighted by Gasteiger charge is -2.21. The minimum atomic E-state index is -0.839. The standard InChI is InChI=1S/C15H18N4O4/c20-12-2-1-4-19-13(21)6-11(17-14(12)19)9-18-5-3-16-7-10(8-18)15(22)23/h1-2,4,6,10,16,20H,3,5,7-9H2,(H,22,23). The number of carbonyl (C=O) groups is 1. The third-order valence-corrected chi connectivity index (χ3v) is 3.93. The zero-order valence-corrected chi connectivity index (χ0v) is 12.5. The Hall–Kier alpha value is -2.45. The second kappa shape index (κ2) is 6.35. The molecular weight excluding hydrogens is 300 g/mol. The third-order valence-electron chi connectivity index (χ3n) is 3.93. The first-order valence-corrected chi connectivity index (χ1v) is 7.41. The number of nitrogens with one attached hydrogen (secondary N) is 1. The van der Waals surface area contributed by atoms with Crippen LogP contribution in [-0.2, 0) is 11.3 Å². The topological polar surface area (TPSA) is 107 Å². The van der Waals surface area contributed by atoms with Crippen LogP contribution in [0.4, 0.5) is 0 Å².